The van der Waals surface area contributed by atoms with Crippen molar-refractivity contribution in [2.45, 2.75) is 61.4 Å². The van der Waals surface area contributed by atoms with Crippen LogP contribution in [-0.2, 0) is 14.2 Å². The summed E-state index contributed by atoms with van der Waals surface area (Å²) in [6.07, 6.45) is -15.6. The van der Waals surface area contributed by atoms with E-state index in [0.717, 1.165) is 0 Å². The van der Waals surface area contributed by atoms with Gasteiger partial charge in [0.25, 0.3) is 0 Å². The lowest BCUT2D eigenvalue weighted by Crippen LogP contribution is -2.64. The Morgan fingerprint density at radius 2 is 1.17 bits per heavy atom. The van der Waals surface area contributed by atoms with Crippen LogP contribution in [0.3, 0.4) is 0 Å². The molecule has 0 saturated carbocycles. The minimum absolute atomic E-state index is 0.651. The number of hydrogen-bond donors (Lipinski definition) is 8. The fourth-order valence-corrected chi connectivity index (χ4v) is 2.55. The lowest BCUT2D eigenvalue weighted by Gasteiger charge is -2.44. The normalized spacial score (nSPS) is 51.7. The highest BCUT2D eigenvalue weighted by Crippen LogP contribution is 2.28. The second kappa shape index (κ2) is 7.63. The number of rotatable bonds is 4. The van der Waals surface area contributed by atoms with Crippen LogP contribution in [0, 0.1) is 0 Å². The van der Waals surface area contributed by atoms with Gasteiger partial charge < -0.3 is 55.1 Å². The third kappa shape index (κ3) is 3.65. The van der Waals surface area contributed by atoms with Gasteiger partial charge in [0.05, 0.1) is 13.2 Å². The molecule has 2 heterocycles. The van der Waals surface area contributed by atoms with Crippen LogP contribution in [0.4, 0.5) is 0 Å². The zero-order chi connectivity index (χ0) is 17.3. The summed E-state index contributed by atoms with van der Waals surface area (Å²) >= 11 is 0. The molecule has 0 bridgehead atoms. The average Bonchev–Trinajstić information content (AvgIpc) is 2.54. The first-order chi connectivity index (χ1) is 10.8. The lowest BCUT2D eigenvalue weighted by atomic mass is 9.97. The van der Waals surface area contributed by atoms with Crippen LogP contribution in [0.25, 0.3) is 0 Å². The molecule has 11 nitrogen and oxygen atoms in total. The summed E-state index contributed by atoms with van der Waals surface area (Å²) in [5.41, 5.74) is 0. The quantitative estimate of drug-likeness (QED) is 0.243. The van der Waals surface area contributed by atoms with E-state index in [-0.39, 0.29) is 0 Å². The molecular formula is C12H22O11. The third-order valence-corrected chi connectivity index (χ3v) is 3.98. The Bertz CT molecular complexity index is 380. The molecule has 2 aliphatic rings. The summed E-state index contributed by atoms with van der Waals surface area (Å²) in [5.74, 6) is 0. The second-order valence-electron chi connectivity index (χ2n) is 5.53. The molecule has 0 unspecified atom stereocenters. The first kappa shape index (κ1) is 18.9. The summed E-state index contributed by atoms with van der Waals surface area (Å²) in [4.78, 5) is 0. The highest BCUT2D eigenvalue weighted by Gasteiger charge is 2.50. The Kier molecular flexibility index (Phi) is 6.27. The van der Waals surface area contributed by atoms with E-state index in [9.17, 15) is 30.6 Å². The summed E-state index contributed by atoms with van der Waals surface area (Å²) in [5, 5.41) is 76.7. The minimum Gasteiger partial charge on any atom is -0.394 e. The SMILES string of the molecule is OC[C@@H]1O[C@@H](O)[C@H](O[C@H]2O[C@@H](CO)[C@@H](O)[C@H](O)[C@@H]2O)[C@@H](O)[C@H]1O. The van der Waals surface area contributed by atoms with Crippen molar-refractivity contribution in [1.82, 2.24) is 0 Å². The van der Waals surface area contributed by atoms with Crippen molar-refractivity contribution in [2.75, 3.05) is 13.2 Å². The predicted molar refractivity (Wildman–Crippen MR) is 68.6 cm³/mol. The summed E-state index contributed by atoms with van der Waals surface area (Å²) in [7, 11) is 0. The van der Waals surface area contributed by atoms with Gasteiger partial charge in [0.1, 0.15) is 48.8 Å². The van der Waals surface area contributed by atoms with Crippen molar-refractivity contribution in [1.29, 1.82) is 0 Å². The van der Waals surface area contributed by atoms with Crippen LogP contribution in [0.2, 0.25) is 0 Å². The van der Waals surface area contributed by atoms with Crippen molar-refractivity contribution in [3.05, 3.63) is 0 Å². The molecule has 2 saturated heterocycles. The van der Waals surface area contributed by atoms with E-state index in [2.05, 4.69) is 0 Å². The van der Waals surface area contributed by atoms with Crippen molar-refractivity contribution < 1.29 is 55.1 Å². The van der Waals surface area contributed by atoms with Gasteiger partial charge in [-0.05, 0) is 0 Å². The molecule has 0 aromatic rings. The van der Waals surface area contributed by atoms with Crippen LogP contribution in [-0.4, -0.2) is 115 Å². The van der Waals surface area contributed by atoms with E-state index >= 15 is 0 Å². The van der Waals surface area contributed by atoms with Crippen molar-refractivity contribution in [2.24, 2.45) is 0 Å². The van der Waals surface area contributed by atoms with Crippen molar-refractivity contribution >= 4 is 0 Å². The van der Waals surface area contributed by atoms with E-state index in [0.29, 0.717) is 0 Å². The Labute approximate surface area is 130 Å². The molecule has 0 spiro atoms. The van der Waals surface area contributed by atoms with Crippen molar-refractivity contribution in [3.63, 3.8) is 0 Å². The van der Waals surface area contributed by atoms with Crippen LogP contribution in [0.15, 0.2) is 0 Å². The molecule has 0 amide bonds. The maximum atomic E-state index is 9.94. The van der Waals surface area contributed by atoms with Crippen LogP contribution in [0.1, 0.15) is 0 Å². The molecule has 23 heavy (non-hydrogen) atoms. The molecule has 11 heteroatoms. The molecule has 0 aromatic carbocycles. The summed E-state index contributed by atoms with van der Waals surface area (Å²) in [6, 6.07) is 0. The van der Waals surface area contributed by atoms with E-state index in [1.54, 1.807) is 0 Å². The van der Waals surface area contributed by atoms with Gasteiger partial charge in [-0.15, -0.1) is 0 Å². The zero-order valence-corrected chi connectivity index (χ0v) is 12.0. The lowest BCUT2D eigenvalue weighted by molar-refractivity contribution is -0.361. The maximum absolute atomic E-state index is 9.94. The van der Waals surface area contributed by atoms with Crippen molar-refractivity contribution in [3.8, 4) is 0 Å². The van der Waals surface area contributed by atoms with E-state index in [4.69, 9.17) is 24.4 Å². The molecule has 0 aliphatic carbocycles. The number of aliphatic hydroxyl groups excluding tert-OH is 8. The molecule has 2 rings (SSSR count). The molecule has 136 valence electrons. The fourth-order valence-electron chi connectivity index (χ4n) is 2.55. The molecule has 10 atom stereocenters. The van der Waals surface area contributed by atoms with Gasteiger partial charge in [-0.25, -0.2) is 0 Å². The first-order valence-electron chi connectivity index (χ1n) is 7.08. The molecular weight excluding hydrogens is 320 g/mol. The van der Waals surface area contributed by atoms with Gasteiger partial charge in [0.15, 0.2) is 12.6 Å². The Hall–Kier alpha value is -0.440. The van der Waals surface area contributed by atoms with Gasteiger partial charge >= 0.3 is 0 Å². The Morgan fingerprint density at radius 1 is 0.652 bits per heavy atom. The highest BCUT2D eigenvalue weighted by atomic mass is 16.7. The largest absolute Gasteiger partial charge is 0.394 e. The second-order valence-corrected chi connectivity index (χ2v) is 5.53. The zero-order valence-electron chi connectivity index (χ0n) is 12.0. The van der Waals surface area contributed by atoms with Gasteiger partial charge in [0.2, 0.25) is 0 Å². The number of ether oxygens (including phenoxy) is 3. The highest BCUT2D eigenvalue weighted by molar-refractivity contribution is 4.93. The van der Waals surface area contributed by atoms with Gasteiger partial charge in [-0.2, -0.15) is 0 Å². The first-order valence-corrected chi connectivity index (χ1v) is 7.08. The van der Waals surface area contributed by atoms with E-state index < -0.39 is 74.6 Å². The molecule has 0 aromatic heterocycles. The number of hydrogen-bond acceptors (Lipinski definition) is 11. The predicted octanol–water partition coefficient (Wildman–Crippen LogP) is -5.40. The topological polar surface area (TPSA) is 190 Å². The standard InChI is InChI=1S/C12H22O11/c13-1-3-6(16)8(18)10(11(20)21-3)23-12-9(19)7(17)5(15)4(2-14)22-12/h3-20H,1-2H2/t3-,4-,5+,6-,7-,8-,9-,10+,11+,12+/m0/s1. The van der Waals surface area contributed by atoms with Gasteiger partial charge in [-0.1, -0.05) is 0 Å². The monoisotopic (exact) mass is 342 g/mol. The van der Waals surface area contributed by atoms with E-state index in [1.165, 1.54) is 0 Å². The Morgan fingerprint density at radius 3 is 1.74 bits per heavy atom. The van der Waals surface area contributed by atoms with Gasteiger partial charge in [-0.3, -0.25) is 0 Å². The number of aliphatic hydroxyl groups is 8. The summed E-state index contributed by atoms with van der Waals surface area (Å²) in [6.45, 7) is -1.33. The fraction of sp³-hybridized carbons (Fsp3) is 1.00. The van der Waals surface area contributed by atoms with Crippen LogP contribution >= 0.6 is 0 Å². The van der Waals surface area contributed by atoms with Crippen LogP contribution in [0.5, 0.6) is 0 Å². The molecule has 8 N–H and O–H groups in total. The summed E-state index contributed by atoms with van der Waals surface area (Å²) < 4.78 is 15.1. The molecule has 2 aliphatic heterocycles. The maximum Gasteiger partial charge on any atom is 0.187 e. The minimum atomic E-state index is -1.75. The smallest absolute Gasteiger partial charge is 0.187 e. The van der Waals surface area contributed by atoms with Gasteiger partial charge in [0, 0.05) is 0 Å². The average molecular weight is 342 g/mol. The third-order valence-electron chi connectivity index (χ3n) is 3.98. The van der Waals surface area contributed by atoms with E-state index in [1.807, 2.05) is 0 Å². The Balaban J connectivity index is 2.08. The molecule has 2 fully saturated rings. The van der Waals surface area contributed by atoms with Crippen LogP contribution < -0.4 is 0 Å². The molecule has 0 radical (unpaired) electrons.